The van der Waals surface area contributed by atoms with Gasteiger partial charge in [-0.1, -0.05) is 44.7 Å². The average molecular weight is 275 g/mol. The minimum atomic E-state index is 0.0705. The first-order chi connectivity index (χ1) is 9.79. The zero-order valence-corrected chi connectivity index (χ0v) is 12.3. The second kappa shape index (κ2) is 7.29. The summed E-state index contributed by atoms with van der Waals surface area (Å²) in [5, 5.41) is 17.5. The number of para-hydroxylation sites is 2. The molecule has 2 rings (SSSR count). The van der Waals surface area contributed by atoms with Crippen LogP contribution in [0, 0.1) is 5.41 Å². The fraction of sp³-hybridized carbons (Fsp3) is 0.562. The van der Waals surface area contributed by atoms with Gasteiger partial charge in [0.25, 0.3) is 0 Å². The number of hydrogen-bond donors (Lipinski definition) is 2. The number of unbranched alkanes of at least 4 members (excludes halogenated alkanes) is 4. The summed E-state index contributed by atoms with van der Waals surface area (Å²) in [4.78, 5) is 0. The highest BCUT2D eigenvalue weighted by atomic mass is 16.3. The van der Waals surface area contributed by atoms with Crippen molar-refractivity contribution in [2.45, 2.75) is 52.1 Å². The number of hydrogen-bond acceptors (Lipinski definition) is 2. The highest BCUT2D eigenvalue weighted by Gasteiger charge is 2.09. The Bertz CT molecular complexity index is 597. The van der Waals surface area contributed by atoms with Crippen LogP contribution in [0.5, 0.6) is 0 Å². The van der Waals surface area contributed by atoms with E-state index in [0.717, 1.165) is 24.0 Å². The fourth-order valence-electron chi connectivity index (χ4n) is 2.72. The molecule has 4 nitrogen and oxygen atoms in total. The van der Waals surface area contributed by atoms with Gasteiger partial charge in [-0.3, -0.25) is 5.41 Å². The largest absolute Gasteiger partial charge is 0.395 e. The topological polar surface area (TPSA) is 53.9 Å². The first kappa shape index (κ1) is 14.9. The van der Waals surface area contributed by atoms with Crippen LogP contribution in [-0.4, -0.2) is 20.8 Å². The van der Waals surface area contributed by atoms with Crippen molar-refractivity contribution in [1.82, 2.24) is 9.13 Å². The van der Waals surface area contributed by atoms with Crippen LogP contribution in [0.3, 0.4) is 0 Å². The molecule has 0 aliphatic carbocycles. The van der Waals surface area contributed by atoms with Gasteiger partial charge < -0.3 is 14.2 Å². The van der Waals surface area contributed by atoms with Crippen molar-refractivity contribution in [2.75, 3.05) is 6.61 Å². The van der Waals surface area contributed by atoms with E-state index in [1.807, 2.05) is 22.8 Å². The van der Waals surface area contributed by atoms with E-state index >= 15 is 0 Å². The van der Waals surface area contributed by atoms with Crippen LogP contribution in [0.1, 0.15) is 39.0 Å². The van der Waals surface area contributed by atoms with Gasteiger partial charge in [0.2, 0.25) is 5.62 Å². The van der Waals surface area contributed by atoms with Gasteiger partial charge in [-0.25, -0.2) is 0 Å². The van der Waals surface area contributed by atoms with E-state index in [-0.39, 0.29) is 6.61 Å². The Kier molecular flexibility index (Phi) is 5.41. The average Bonchev–Trinajstić information content (AvgIpc) is 2.73. The summed E-state index contributed by atoms with van der Waals surface area (Å²) in [5.41, 5.74) is 2.64. The Labute approximate surface area is 120 Å². The number of aryl methyl sites for hydroxylation is 1. The summed E-state index contributed by atoms with van der Waals surface area (Å²) >= 11 is 0. The molecule has 110 valence electrons. The maximum Gasteiger partial charge on any atom is 0.203 e. The maximum absolute atomic E-state index is 9.17. The molecule has 0 aliphatic rings. The molecular formula is C16H25N3O. The number of rotatable bonds is 8. The first-order valence-electron chi connectivity index (χ1n) is 7.63. The molecule has 0 saturated heterocycles. The molecule has 2 N–H and O–H groups in total. The molecule has 4 heteroatoms. The lowest BCUT2D eigenvalue weighted by molar-refractivity contribution is 0.274. The minimum absolute atomic E-state index is 0.0705. The zero-order chi connectivity index (χ0) is 14.4. The summed E-state index contributed by atoms with van der Waals surface area (Å²) in [6.07, 6.45) is 6.17. The van der Waals surface area contributed by atoms with Crippen LogP contribution < -0.4 is 5.62 Å². The summed E-state index contributed by atoms with van der Waals surface area (Å²) in [6.45, 7) is 3.67. The Morgan fingerprint density at radius 2 is 1.55 bits per heavy atom. The van der Waals surface area contributed by atoms with E-state index in [1.54, 1.807) is 0 Å². The number of aliphatic hydroxyl groups is 1. The quantitative estimate of drug-likeness (QED) is 0.715. The van der Waals surface area contributed by atoms with Gasteiger partial charge in [0, 0.05) is 13.1 Å². The molecule has 0 unspecified atom stereocenters. The number of benzene rings is 1. The van der Waals surface area contributed by atoms with Crippen LogP contribution in [0.4, 0.5) is 0 Å². The standard InChI is InChI=1S/C16H25N3O/c1-2-3-4-5-8-11-18-14-9-6-7-10-15(14)19(12-13-20)16(18)17/h6-7,9-10,17,20H,2-5,8,11-13H2,1H3. The lowest BCUT2D eigenvalue weighted by atomic mass is 10.1. The predicted octanol–water partition coefficient (Wildman–Crippen LogP) is 2.88. The van der Waals surface area contributed by atoms with Crippen molar-refractivity contribution in [1.29, 1.82) is 5.41 Å². The predicted molar refractivity (Wildman–Crippen MR) is 81.6 cm³/mol. The Morgan fingerprint density at radius 3 is 2.15 bits per heavy atom. The number of imidazole rings is 1. The highest BCUT2D eigenvalue weighted by Crippen LogP contribution is 2.14. The third-order valence-corrected chi connectivity index (χ3v) is 3.78. The third-order valence-electron chi connectivity index (χ3n) is 3.78. The van der Waals surface area contributed by atoms with Crippen LogP contribution >= 0.6 is 0 Å². The van der Waals surface area contributed by atoms with Crippen LogP contribution in [0.25, 0.3) is 11.0 Å². The number of nitrogens with one attached hydrogen (secondary N) is 1. The van der Waals surface area contributed by atoms with E-state index in [0.29, 0.717) is 12.2 Å². The van der Waals surface area contributed by atoms with Crippen LogP contribution in [0.2, 0.25) is 0 Å². The molecule has 0 atom stereocenters. The molecule has 0 saturated carbocycles. The van der Waals surface area contributed by atoms with E-state index in [1.165, 1.54) is 25.7 Å². The lowest BCUT2D eigenvalue weighted by Crippen LogP contribution is -2.25. The molecule has 1 aromatic heterocycles. The molecule has 0 bridgehead atoms. The van der Waals surface area contributed by atoms with Gasteiger partial charge in [0.05, 0.1) is 17.6 Å². The van der Waals surface area contributed by atoms with Crippen molar-refractivity contribution in [2.24, 2.45) is 0 Å². The Morgan fingerprint density at radius 1 is 0.950 bits per heavy atom. The molecule has 2 aromatic rings. The monoisotopic (exact) mass is 275 g/mol. The molecule has 1 heterocycles. The molecule has 0 spiro atoms. The SMILES string of the molecule is CCCCCCCn1c(=N)n(CCO)c2ccccc21. The fourth-order valence-corrected chi connectivity index (χ4v) is 2.72. The van der Waals surface area contributed by atoms with Crippen molar-refractivity contribution >= 4 is 11.0 Å². The molecule has 20 heavy (non-hydrogen) atoms. The number of fused-ring (bicyclic) bond motifs is 1. The Balaban J connectivity index is 2.19. The second-order valence-corrected chi connectivity index (χ2v) is 5.25. The van der Waals surface area contributed by atoms with Gasteiger partial charge in [0.1, 0.15) is 0 Å². The first-order valence-corrected chi connectivity index (χ1v) is 7.63. The van der Waals surface area contributed by atoms with Gasteiger partial charge >= 0.3 is 0 Å². The summed E-state index contributed by atoms with van der Waals surface area (Å²) in [6, 6.07) is 8.09. The van der Waals surface area contributed by atoms with Crippen molar-refractivity contribution < 1.29 is 5.11 Å². The van der Waals surface area contributed by atoms with Gasteiger partial charge in [-0.05, 0) is 18.6 Å². The lowest BCUT2D eigenvalue weighted by Gasteiger charge is -2.04. The third kappa shape index (κ3) is 3.12. The maximum atomic E-state index is 9.17. The van der Waals surface area contributed by atoms with E-state index < -0.39 is 0 Å². The highest BCUT2D eigenvalue weighted by molar-refractivity contribution is 5.75. The summed E-state index contributed by atoms with van der Waals surface area (Å²) < 4.78 is 3.96. The van der Waals surface area contributed by atoms with Gasteiger partial charge in [0.15, 0.2) is 0 Å². The van der Waals surface area contributed by atoms with Crippen LogP contribution in [0.15, 0.2) is 24.3 Å². The van der Waals surface area contributed by atoms with E-state index in [2.05, 4.69) is 17.6 Å². The molecular weight excluding hydrogens is 250 g/mol. The molecule has 0 aliphatic heterocycles. The van der Waals surface area contributed by atoms with Crippen molar-refractivity contribution in [3.8, 4) is 0 Å². The van der Waals surface area contributed by atoms with E-state index in [9.17, 15) is 5.11 Å². The summed E-state index contributed by atoms with van der Waals surface area (Å²) in [5.74, 6) is 0. The molecule has 1 aromatic carbocycles. The smallest absolute Gasteiger partial charge is 0.203 e. The summed E-state index contributed by atoms with van der Waals surface area (Å²) in [7, 11) is 0. The normalized spacial score (nSPS) is 11.3. The number of aromatic nitrogens is 2. The second-order valence-electron chi connectivity index (χ2n) is 5.25. The van der Waals surface area contributed by atoms with Crippen LogP contribution in [-0.2, 0) is 13.1 Å². The molecule has 0 radical (unpaired) electrons. The zero-order valence-electron chi connectivity index (χ0n) is 12.3. The van der Waals surface area contributed by atoms with Gasteiger partial charge in [-0.2, -0.15) is 0 Å². The molecule has 0 fully saturated rings. The van der Waals surface area contributed by atoms with Crippen molar-refractivity contribution in [3.63, 3.8) is 0 Å². The molecule has 0 amide bonds. The minimum Gasteiger partial charge on any atom is -0.395 e. The Hall–Kier alpha value is -1.55. The number of aliphatic hydroxyl groups excluding tert-OH is 1. The number of nitrogens with zero attached hydrogens (tertiary/aromatic N) is 2. The van der Waals surface area contributed by atoms with Crippen molar-refractivity contribution in [3.05, 3.63) is 29.9 Å². The van der Waals surface area contributed by atoms with Gasteiger partial charge in [-0.15, -0.1) is 0 Å². The van der Waals surface area contributed by atoms with E-state index in [4.69, 9.17) is 5.41 Å².